The third kappa shape index (κ3) is 4.26. The highest BCUT2D eigenvalue weighted by Crippen LogP contribution is 2.31. The molecule has 0 aromatic heterocycles. The van der Waals surface area contributed by atoms with Crippen molar-refractivity contribution in [1.29, 1.82) is 0 Å². The molecule has 1 aromatic rings. The maximum Gasteiger partial charge on any atom is 0.0369 e. The smallest absolute Gasteiger partial charge is 0.0369 e. The summed E-state index contributed by atoms with van der Waals surface area (Å²) >= 11 is 1.72. The fraction of sp³-hybridized carbons (Fsp3) is 0.409. The Kier molecular flexibility index (Phi) is 6.07. The van der Waals surface area contributed by atoms with Crippen molar-refractivity contribution < 1.29 is 0 Å². The number of allylic oxidation sites excluding steroid dienone is 3. The number of benzene rings is 1. The lowest BCUT2D eigenvalue weighted by Crippen LogP contribution is -2.23. The molecule has 2 aliphatic rings. The van der Waals surface area contributed by atoms with Gasteiger partial charge in [0.1, 0.15) is 0 Å². The monoisotopic (exact) mass is 337 g/mol. The summed E-state index contributed by atoms with van der Waals surface area (Å²) in [4.78, 5) is 2.48. The van der Waals surface area contributed by atoms with E-state index in [0.717, 1.165) is 25.9 Å². The van der Waals surface area contributed by atoms with Crippen molar-refractivity contribution in [1.82, 2.24) is 0 Å². The summed E-state index contributed by atoms with van der Waals surface area (Å²) in [5.74, 6) is 0. The molecule has 24 heavy (non-hydrogen) atoms. The summed E-state index contributed by atoms with van der Waals surface area (Å²) in [6, 6.07) is 7.02. The topological polar surface area (TPSA) is 3.24 Å². The Morgan fingerprint density at radius 2 is 2.12 bits per heavy atom. The summed E-state index contributed by atoms with van der Waals surface area (Å²) in [6.45, 7) is 6.72. The largest absolute Gasteiger partial charge is 0.372 e. The van der Waals surface area contributed by atoms with Gasteiger partial charge in [-0.15, -0.1) is 5.73 Å². The molecule has 0 bridgehead atoms. The minimum atomic E-state index is 1.04. The van der Waals surface area contributed by atoms with E-state index < -0.39 is 0 Å². The van der Waals surface area contributed by atoms with Gasteiger partial charge in [0.25, 0.3) is 0 Å². The van der Waals surface area contributed by atoms with E-state index in [1.807, 2.05) is 0 Å². The zero-order valence-corrected chi connectivity index (χ0v) is 15.7. The molecule has 3 rings (SSSR count). The van der Waals surface area contributed by atoms with Gasteiger partial charge in [-0.2, -0.15) is 0 Å². The van der Waals surface area contributed by atoms with Crippen molar-refractivity contribution in [2.45, 2.75) is 46.0 Å². The molecule has 1 aliphatic carbocycles. The molecule has 1 aromatic carbocycles. The van der Waals surface area contributed by atoms with Crippen LogP contribution in [0.15, 0.2) is 52.0 Å². The number of anilines is 1. The lowest BCUT2D eigenvalue weighted by Gasteiger charge is -2.25. The van der Waals surface area contributed by atoms with Crippen LogP contribution in [0.5, 0.6) is 0 Å². The van der Waals surface area contributed by atoms with Gasteiger partial charge < -0.3 is 4.90 Å². The van der Waals surface area contributed by atoms with Crippen LogP contribution in [-0.4, -0.2) is 13.1 Å². The van der Waals surface area contributed by atoms with Gasteiger partial charge in [0, 0.05) is 24.2 Å². The number of fused-ring (bicyclic) bond motifs is 1. The number of hydrogen-bond acceptors (Lipinski definition) is 2. The molecular weight excluding hydrogens is 310 g/mol. The molecule has 1 heterocycles. The first kappa shape index (κ1) is 17.2. The molecule has 0 N–H and O–H groups in total. The van der Waals surface area contributed by atoms with Crippen LogP contribution in [0.25, 0.3) is 6.08 Å². The zero-order chi connectivity index (χ0) is 16.8. The summed E-state index contributed by atoms with van der Waals surface area (Å²) in [5.41, 5.74) is 10.7. The van der Waals surface area contributed by atoms with Crippen LogP contribution >= 0.6 is 11.8 Å². The second-order valence-electron chi connectivity index (χ2n) is 6.52. The predicted molar refractivity (Wildman–Crippen MR) is 108 cm³/mol. The Morgan fingerprint density at radius 1 is 1.21 bits per heavy atom. The van der Waals surface area contributed by atoms with Gasteiger partial charge >= 0.3 is 0 Å². The van der Waals surface area contributed by atoms with Crippen LogP contribution in [-0.2, 0) is 6.42 Å². The van der Waals surface area contributed by atoms with Crippen LogP contribution in [0, 0.1) is 0 Å². The lowest BCUT2D eigenvalue weighted by molar-refractivity contribution is 0.789. The van der Waals surface area contributed by atoms with E-state index in [4.69, 9.17) is 0 Å². The summed E-state index contributed by atoms with van der Waals surface area (Å²) in [6.07, 6.45) is 10.3. The molecule has 1 aliphatic heterocycles. The van der Waals surface area contributed by atoms with Crippen LogP contribution in [0.3, 0.4) is 0 Å². The summed E-state index contributed by atoms with van der Waals surface area (Å²) in [5, 5.41) is 4.23. The molecule has 0 fully saturated rings. The fourth-order valence-electron chi connectivity index (χ4n) is 3.47. The Bertz CT molecular complexity index is 705. The van der Waals surface area contributed by atoms with Crippen LogP contribution in [0.4, 0.5) is 5.69 Å². The normalized spacial score (nSPS) is 16.2. The molecular formula is C22H27NS. The highest BCUT2D eigenvalue weighted by Gasteiger charge is 2.14. The SMILES string of the molecule is CCCN(CC)c1ccc2c(c1)CCC(CC1=C=CSC=CC1)=C2. The van der Waals surface area contributed by atoms with E-state index in [-0.39, 0.29) is 0 Å². The van der Waals surface area contributed by atoms with Gasteiger partial charge in [-0.1, -0.05) is 42.5 Å². The van der Waals surface area contributed by atoms with E-state index >= 15 is 0 Å². The van der Waals surface area contributed by atoms with E-state index in [2.05, 4.69) is 65.6 Å². The van der Waals surface area contributed by atoms with Crippen molar-refractivity contribution in [3.63, 3.8) is 0 Å². The number of thioether (sulfide) groups is 1. The average molecular weight is 338 g/mol. The van der Waals surface area contributed by atoms with Crippen molar-refractivity contribution in [2.24, 2.45) is 0 Å². The Labute approximate surface area is 150 Å². The number of aryl methyl sites for hydroxylation is 1. The number of nitrogens with zero attached hydrogens (tertiary/aromatic N) is 1. The van der Waals surface area contributed by atoms with E-state index in [0.29, 0.717) is 0 Å². The predicted octanol–water partition coefficient (Wildman–Crippen LogP) is 6.33. The zero-order valence-electron chi connectivity index (χ0n) is 14.8. The van der Waals surface area contributed by atoms with E-state index in [9.17, 15) is 0 Å². The molecule has 0 saturated heterocycles. The Hall–Kier alpha value is -1.63. The molecule has 0 radical (unpaired) electrons. The third-order valence-corrected chi connectivity index (χ3v) is 5.36. The molecule has 0 spiro atoms. The first-order valence-corrected chi connectivity index (χ1v) is 10.0. The highest BCUT2D eigenvalue weighted by molar-refractivity contribution is 8.04. The number of rotatable bonds is 6. The maximum atomic E-state index is 3.44. The van der Waals surface area contributed by atoms with Gasteiger partial charge in [-0.25, -0.2) is 0 Å². The third-order valence-electron chi connectivity index (χ3n) is 4.75. The van der Waals surface area contributed by atoms with Crippen molar-refractivity contribution >= 4 is 23.5 Å². The minimum absolute atomic E-state index is 1.04. The van der Waals surface area contributed by atoms with Crippen LogP contribution in [0.2, 0.25) is 0 Å². The fourth-order valence-corrected chi connectivity index (χ4v) is 3.99. The molecule has 2 heteroatoms. The van der Waals surface area contributed by atoms with E-state index in [1.165, 1.54) is 41.6 Å². The highest BCUT2D eigenvalue weighted by atomic mass is 32.2. The standard InChI is InChI=1S/C22H27NS/c1-3-12-23(4-2)22-10-9-20-16-19(7-8-21(20)17-22)15-18-6-5-13-24-14-11-18/h5,9-10,13-14,16-17H,3-4,6-8,12,15H2,1-2H3. The number of hydrogen-bond donors (Lipinski definition) is 0. The lowest BCUT2D eigenvalue weighted by atomic mass is 9.88. The van der Waals surface area contributed by atoms with Crippen LogP contribution < -0.4 is 4.90 Å². The van der Waals surface area contributed by atoms with Gasteiger partial charge in [-0.05, 0) is 73.3 Å². The quantitative estimate of drug-likeness (QED) is 0.558. The van der Waals surface area contributed by atoms with Crippen molar-refractivity contribution in [3.05, 3.63) is 63.1 Å². The van der Waals surface area contributed by atoms with Gasteiger partial charge in [0.2, 0.25) is 0 Å². The van der Waals surface area contributed by atoms with E-state index in [1.54, 1.807) is 17.3 Å². The molecule has 126 valence electrons. The van der Waals surface area contributed by atoms with Crippen molar-refractivity contribution in [3.8, 4) is 0 Å². The molecule has 0 atom stereocenters. The summed E-state index contributed by atoms with van der Waals surface area (Å²) in [7, 11) is 0. The van der Waals surface area contributed by atoms with Gasteiger partial charge in [0.15, 0.2) is 0 Å². The minimum Gasteiger partial charge on any atom is -0.372 e. The van der Waals surface area contributed by atoms with Crippen LogP contribution in [0.1, 0.15) is 50.7 Å². The average Bonchev–Trinajstić information content (AvgIpc) is 2.88. The van der Waals surface area contributed by atoms with Crippen molar-refractivity contribution in [2.75, 3.05) is 18.0 Å². The molecule has 0 saturated carbocycles. The van der Waals surface area contributed by atoms with Gasteiger partial charge in [-0.3, -0.25) is 0 Å². The Morgan fingerprint density at radius 3 is 2.96 bits per heavy atom. The maximum absolute atomic E-state index is 3.44. The second kappa shape index (κ2) is 8.46. The van der Waals surface area contributed by atoms with Gasteiger partial charge in [0.05, 0.1) is 0 Å². The molecule has 0 unspecified atom stereocenters. The second-order valence-corrected chi connectivity index (χ2v) is 7.30. The first-order chi connectivity index (χ1) is 11.8. The summed E-state index contributed by atoms with van der Waals surface area (Å²) < 4.78 is 0. The molecule has 1 nitrogen and oxygen atoms in total. The Balaban J connectivity index is 1.77. The molecule has 0 amide bonds. The first-order valence-electron chi connectivity index (χ1n) is 9.11.